The predicted octanol–water partition coefficient (Wildman–Crippen LogP) is 3.33. The second-order valence-corrected chi connectivity index (χ2v) is 8.79. The zero-order valence-corrected chi connectivity index (χ0v) is 14.2. The van der Waals surface area contributed by atoms with Gasteiger partial charge in [-0.2, -0.15) is 0 Å². The Balaban J connectivity index is 1.58. The highest BCUT2D eigenvalue weighted by molar-refractivity contribution is 5.79. The van der Waals surface area contributed by atoms with Crippen molar-refractivity contribution in [1.29, 1.82) is 0 Å². The molecule has 0 N–H and O–H groups in total. The molecular formula is C18H28O4. The van der Waals surface area contributed by atoms with Crippen molar-refractivity contribution in [2.45, 2.75) is 65.4 Å². The van der Waals surface area contributed by atoms with Gasteiger partial charge in [-0.3, -0.25) is 4.79 Å². The Labute approximate surface area is 132 Å². The second-order valence-electron chi connectivity index (χ2n) is 8.79. The fourth-order valence-electron chi connectivity index (χ4n) is 4.90. The van der Waals surface area contributed by atoms with Crippen LogP contribution in [0, 0.1) is 29.1 Å². The summed E-state index contributed by atoms with van der Waals surface area (Å²) in [6.45, 7) is 7.17. The molecule has 4 heteroatoms. The Kier molecular flexibility index (Phi) is 3.77. The van der Waals surface area contributed by atoms with Crippen LogP contribution in [-0.4, -0.2) is 24.1 Å². The molecule has 4 bridgehead atoms. The van der Waals surface area contributed by atoms with Crippen molar-refractivity contribution in [3.8, 4) is 0 Å². The molecule has 4 nitrogen and oxygen atoms in total. The molecule has 0 spiro atoms. The van der Waals surface area contributed by atoms with Gasteiger partial charge in [0.15, 0.2) is 6.61 Å². The van der Waals surface area contributed by atoms with Crippen LogP contribution in [0.25, 0.3) is 0 Å². The highest BCUT2D eigenvalue weighted by Crippen LogP contribution is 2.59. The number of esters is 2. The van der Waals surface area contributed by atoms with Gasteiger partial charge in [0.1, 0.15) is 5.60 Å². The lowest BCUT2D eigenvalue weighted by atomic mass is 9.50. The van der Waals surface area contributed by atoms with Crippen LogP contribution in [0.2, 0.25) is 0 Å². The van der Waals surface area contributed by atoms with Crippen molar-refractivity contribution in [2.24, 2.45) is 29.1 Å². The quantitative estimate of drug-likeness (QED) is 0.750. The van der Waals surface area contributed by atoms with Gasteiger partial charge in [0, 0.05) is 0 Å². The highest BCUT2D eigenvalue weighted by atomic mass is 16.6. The Morgan fingerprint density at radius 2 is 1.50 bits per heavy atom. The first-order chi connectivity index (χ1) is 10.2. The van der Waals surface area contributed by atoms with Gasteiger partial charge in [-0.25, -0.2) is 4.79 Å². The van der Waals surface area contributed by atoms with E-state index in [0.29, 0.717) is 11.8 Å². The van der Waals surface area contributed by atoms with Gasteiger partial charge in [-0.1, -0.05) is 0 Å². The van der Waals surface area contributed by atoms with Crippen LogP contribution >= 0.6 is 0 Å². The summed E-state index contributed by atoms with van der Waals surface area (Å²) in [6, 6.07) is 0. The second kappa shape index (κ2) is 5.24. The van der Waals surface area contributed by atoms with E-state index in [1.54, 1.807) is 20.8 Å². The van der Waals surface area contributed by atoms with Crippen LogP contribution in [0.1, 0.15) is 59.8 Å². The fraction of sp³-hybridized carbons (Fsp3) is 0.889. The van der Waals surface area contributed by atoms with E-state index in [9.17, 15) is 9.59 Å². The maximum absolute atomic E-state index is 12.2. The molecule has 0 atom stereocenters. The van der Waals surface area contributed by atoms with E-state index in [4.69, 9.17) is 9.47 Å². The summed E-state index contributed by atoms with van der Waals surface area (Å²) in [6.07, 6.45) is 6.15. The van der Waals surface area contributed by atoms with Crippen molar-refractivity contribution in [3.63, 3.8) is 0 Å². The van der Waals surface area contributed by atoms with Crippen molar-refractivity contribution in [3.05, 3.63) is 0 Å². The number of ether oxygens (including phenoxy) is 2. The largest absolute Gasteiger partial charge is 0.456 e. The molecule has 22 heavy (non-hydrogen) atoms. The summed E-state index contributed by atoms with van der Waals surface area (Å²) in [4.78, 5) is 23.9. The zero-order valence-electron chi connectivity index (χ0n) is 14.2. The van der Waals surface area contributed by atoms with Crippen LogP contribution in [0.5, 0.6) is 0 Å². The third-order valence-corrected chi connectivity index (χ3v) is 6.03. The lowest BCUT2D eigenvalue weighted by Gasteiger charge is -2.59. The molecule has 0 aromatic carbocycles. The van der Waals surface area contributed by atoms with Gasteiger partial charge in [0.2, 0.25) is 0 Å². The Morgan fingerprint density at radius 3 is 1.95 bits per heavy atom. The molecule has 4 aliphatic carbocycles. The minimum Gasteiger partial charge on any atom is -0.456 e. The van der Waals surface area contributed by atoms with Crippen molar-refractivity contribution in [1.82, 2.24) is 0 Å². The molecule has 0 unspecified atom stereocenters. The van der Waals surface area contributed by atoms with Gasteiger partial charge in [-0.15, -0.1) is 0 Å². The smallest absolute Gasteiger partial charge is 0.344 e. The lowest BCUT2D eigenvalue weighted by molar-refractivity contribution is -0.207. The fourth-order valence-corrected chi connectivity index (χ4v) is 4.90. The monoisotopic (exact) mass is 308 g/mol. The summed E-state index contributed by atoms with van der Waals surface area (Å²) in [5.74, 6) is 1.91. The van der Waals surface area contributed by atoms with Gasteiger partial charge in [0.05, 0.1) is 5.41 Å². The molecule has 0 heterocycles. The molecule has 4 saturated carbocycles. The first kappa shape index (κ1) is 15.8. The molecule has 0 aromatic rings. The molecule has 4 aliphatic rings. The SMILES string of the molecule is CC(C)(C)C(=O)OCC(=O)OC1(C)C2CC3CC(C2)CC1C3. The number of carbonyl (C=O) groups excluding carboxylic acids is 2. The first-order valence-corrected chi connectivity index (χ1v) is 8.57. The van der Waals surface area contributed by atoms with Gasteiger partial charge in [-0.05, 0) is 83.5 Å². The van der Waals surface area contributed by atoms with E-state index in [0.717, 1.165) is 11.8 Å². The topological polar surface area (TPSA) is 52.6 Å². The summed E-state index contributed by atoms with van der Waals surface area (Å²) in [5, 5.41) is 0. The van der Waals surface area contributed by atoms with Crippen LogP contribution in [-0.2, 0) is 19.1 Å². The Morgan fingerprint density at radius 1 is 1.00 bits per heavy atom. The van der Waals surface area contributed by atoms with Crippen molar-refractivity contribution < 1.29 is 19.1 Å². The van der Waals surface area contributed by atoms with Gasteiger partial charge in [0.25, 0.3) is 0 Å². The number of hydrogen-bond donors (Lipinski definition) is 0. The van der Waals surface area contributed by atoms with Crippen LogP contribution in [0.15, 0.2) is 0 Å². The Bertz CT molecular complexity index is 446. The molecule has 0 aliphatic heterocycles. The van der Waals surface area contributed by atoms with Crippen LogP contribution in [0.3, 0.4) is 0 Å². The first-order valence-electron chi connectivity index (χ1n) is 8.57. The molecule has 4 fully saturated rings. The van der Waals surface area contributed by atoms with Crippen LogP contribution < -0.4 is 0 Å². The molecule has 0 aromatic heterocycles. The van der Waals surface area contributed by atoms with Gasteiger partial charge >= 0.3 is 11.9 Å². The summed E-state index contributed by atoms with van der Waals surface area (Å²) >= 11 is 0. The average molecular weight is 308 g/mol. The highest BCUT2D eigenvalue weighted by Gasteiger charge is 2.57. The third kappa shape index (κ3) is 2.77. The van der Waals surface area contributed by atoms with E-state index in [-0.39, 0.29) is 18.2 Å². The summed E-state index contributed by atoms with van der Waals surface area (Å²) < 4.78 is 11.0. The minimum atomic E-state index is -0.590. The number of hydrogen-bond acceptors (Lipinski definition) is 4. The van der Waals surface area contributed by atoms with E-state index in [2.05, 4.69) is 6.92 Å². The Hall–Kier alpha value is -1.06. The third-order valence-electron chi connectivity index (χ3n) is 6.03. The molecule has 124 valence electrons. The van der Waals surface area contributed by atoms with Crippen molar-refractivity contribution in [2.75, 3.05) is 6.61 Å². The molecule has 0 saturated heterocycles. The molecule has 0 amide bonds. The maximum Gasteiger partial charge on any atom is 0.344 e. The van der Waals surface area contributed by atoms with E-state index in [1.807, 2.05) is 0 Å². The van der Waals surface area contributed by atoms with Crippen molar-refractivity contribution >= 4 is 11.9 Å². The minimum absolute atomic E-state index is 0.266. The van der Waals surface area contributed by atoms with E-state index in [1.165, 1.54) is 32.1 Å². The number of carbonyl (C=O) groups is 2. The maximum atomic E-state index is 12.2. The average Bonchev–Trinajstić information content (AvgIpc) is 2.40. The van der Waals surface area contributed by atoms with Crippen LogP contribution in [0.4, 0.5) is 0 Å². The molecule has 0 radical (unpaired) electrons. The zero-order chi connectivity index (χ0) is 16.1. The molecule has 4 rings (SSSR count). The summed E-state index contributed by atoms with van der Waals surface area (Å²) in [5.41, 5.74) is -0.939. The normalized spacial score (nSPS) is 39.6. The predicted molar refractivity (Wildman–Crippen MR) is 82.0 cm³/mol. The van der Waals surface area contributed by atoms with E-state index >= 15 is 0 Å². The summed E-state index contributed by atoms with van der Waals surface area (Å²) in [7, 11) is 0. The van der Waals surface area contributed by atoms with E-state index < -0.39 is 11.4 Å². The standard InChI is InChI=1S/C18H28O4/c1-17(2,3)16(20)21-10-15(19)22-18(4)13-6-11-5-12(8-13)9-14(18)7-11/h11-14H,5-10H2,1-4H3. The number of rotatable bonds is 3. The lowest BCUT2D eigenvalue weighted by Crippen LogP contribution is -2.58. The van der Waals surface area contributed by atoms with Gasteiger partial charge < -0.3 is 9.47 Å². The molecular weight excluding hydrogens is 280 g/mol.